The zero-order chi connectivity index (χ0) is 23.4. The van der Waals surface area contributed by atoms with Crippen LogP contribution in [0.2, 0.25) is 0 Å². The second-order valence-corrected chi connectivity index (χ2v) is 9.93. The fourth-order valence-electron chi connectivity index (χ4n) is 4.67. The van der Waals surface area contributed by atoms with Crippen LogP contribution in [0.1, 0.15) is 23.1 Å². The van der Waals surface area contributed by atoms with Crippen LogP contribution >= 0.6 is 11.8 Å². The number of fused-ring (bicyclic) bond motifs is 1. The number of hydrogen-bond donors (Lipinski definition) is 3. The standard InChI is InChI=1S/C25H32N4O3S/c1-16-10-17(2)12-19(11-16)26-23(30)15-33-25-27-21-8-9-29(14-20(21)24(31)28-25)13-18-6-4-5-7-22(18)32-3/h4-7,10-12,20-21,25,27H,8-9,13-15H2,1-3H3,(H,26,30)(H,28,31). The Labute approximate surface area is 199 Å². The lowest BCUT2D eigenvalue weighted by Crippen LogP contribution is -2.64. The first-order chi connectivity index (χ1) is 15.9. The molecule has 8 heteroatoms. The number of carbonyl (C=O) groups excluding carboxylic acids is 2. The molecule has 0 spiro atoms. The van der Waals surface area contributed by atoms with Gasteiger partial charge in [-0.1, -0.05) is 24.3 Å². The molecule has 0 aromatic heterocycles. The molecule has 2 aromatic carbocycles. The summed E-state index contributed by atoms with van der Waals surface area (Å²) in [5, 5.41) is 9.52. The van der Waals surface area contributed by atoms with Crippen LogP contribution in [0.25, 0.3) is 0 Å². The van der Waals surface area contributed by atoms with Gasteiger partial charge in [-0.15, -0.1) is 11.8 Å². The number of ether oxygens (including phenoxy) is 1. The van der Waals surface area contributed by atoms with Gasteiger partial charge in [0.1, 0.15) is 11.2 Å². The van der Waals surface area contributed by atoms with Gasteiger partial charge in [-0.25, -0.2) is 0 Å². The lowest BCUT2D eigenvalue weighted by atomic mass is 9.89. The van der Waals surface area contributed by atoms with Gasteiger partial charge < -0.3 is 15.4 Å². The normalized spacial score (nSPS) is 22.9. The number of nitrogens with zero attached hydrogens (tertiary/aromatic N) is 1. The average Bonchev–Trinajstić information content (AvgIpc) is 2.78. The van der Waals surface area contributed by atoms with E-state index in [1.54, 1.807) is 7.11 Å². The van der Waals surface area contributed by atoms with Crippen LogP contribution in [0.3, 0.4) is 0 Å². The van der Waals surface area contributed by atoms with Gasteiger partial charge in [-0.2, -0.15) is 0 Å². The van der Waals surface area contributed by atoms with E-state index in [4.69, 9.17) is 4.74 Å². The lowest BCUT2D eigenvalue weighted by Gasteiger charge is -2.43. The third kappa shape index (κ3) is 6.07. The van der Waals surface area contributed by atoms with E-state index in [2.05, 4.69) is 33.0 Å². The van der Waals surface area contributed by atoms with Crippen LogP contribution < -0.4 is 20.7 Å². The van der Waals surface area contributed by atoms with Gasteiger partial charge in [-0.3, -0.25) is 19.8 Å². The van der Waals surface area contributed by atoms with Crippen molar-refractivity contribution in [2.24, 2.45) is 5.92 Å². The summed E-state index contributed by atoms with van der Waals surface area (Å²) in [6, 6.07) is 14.1. The number of nitrogens with one attached hydrogen (secondary N) is 3. The number of amides is 2. The summed E-state index contributed by atoms with van der Waals surface area (Å²) in [4.78, 5) is 27.6. The maximum absolute atomic E-state index is 12.9. The Kier molecular flexibility index (Phi) is 7.57. The molecular formula is C25H32N4O3S. The van der Waals surface area contributed by atoms with Crippen molar-refractivity contribution in [3.8, 4) is 5.75 Å². The fourth-order valence-corrected chi connectivity index (χ4v) is 5.53. The SMILES string of the molecule is COc1ccccc1CN1CCC2NC(SCC(=O)Nc3cc(C)cc(C)c3)NC(=O)C2C1. The Hall–Kier alpha value is -2.55. The summed E-state index contributed by atoms with van der Waals surface area (Å²) in [5.41, 5.74) is 3.90. The minimum Gasteiger partial charge on any atom is -0.496 e. The van der Waals surface area contributed by atoms with Crippen molar-refractivity contribution < 1.29 is 14.3 Å². The highest BCUT2D eigenvalue weighted by Gasteiger charge is 2.40. The molecule has 4 rings (SSSR count). The maximum atomic E-state index is 12.9. The van der Waals surface area contributed by atoms with E-state index in [-0.39, 0.29) is 35.0 Å². The maximum Gasteiger partial charge on any atom is 0.234 e. The predicted octanol–water partition coefficient (Wildman–Crippen LogP) is 2.88. The number of likely N-dealkylation sites (tertiary alicyclic amines) is 1. The molecule has 0 saturated carbocycles. The van der Waals surface area contributed by atoms with Gasteiger partial charge in [0.05, 0.1) is 18.8 Å². The van der Waals surface area contributed by atoms with Gasteiger partial charge in [0.2, 0.25) is 11.8 Å². The summed E-state index contributed by atoms with van der Waals surface area (Å²) in [6.07, 6.45) is 0.888. The molecule has 33 heavy (non-hydrogen) atoms. The van der Waals surface area contributed by atoms with E-state index < -0.39 is 0 Å². The first-order valence-corrected chi connectivity index (χ1v) is 12.4. The van der Waals surface area contributed by atoms with Gasteiger partial charge in [0.15, 0.2) is 0 Å². The molecule has 2 aromatic rings. The van der Waals surface area contributed by atoms with E-state index in [1.807, 2.05) is 44.2 Å². The number of benzene rings is 2. The van der Waals surface area contributed by atoms with Gasteiger partial charge >= 0.3 is 0 Å². The first kappa shape index (κ1) is 23.6. The smallest absolute Gasteiger partial charge is 0.234 e. The molecule has 3 atom stereocenters. The third-order valence-electron chi connectivity index (χ3n) is 6.15. The molecule has 2 amide bonds. The number of thioether (sulfide) groups is 1. The number of methoxy groups -OCH3 is 1. The summed E-state index contributed by atoms with van der Waals surface area (Å²) in [6.45, 7) is 6.39. The fraction of sp³-hybridized carbons (Fsp3) is 0.440. The third-order valence-corrected chi connectivity index (χ3v) is 7.16. The second-order valence-electron chi connectivity index (χ2n) is 8.84. The highest BCUT2D eigenvalue weighted by atomic mass is 32.2. The summed E-state index contributed by atoms with van der Waals surface area (Å²) in [5.74, 6) is 1.02. The average molecular weight is 469 g/mol. The summed E-state index contributed by atoms with van der Waals surface area (Å²) >= 11 is 1.42. The van der Waals surface area contributed by atoms with Crippen molar-refractivity contribution in [1.29, 1.82) is 0 Å². The number of para-hydroxylation sites is 1. The highest BCUT2D eigenvalue weighted by Crippen LogP contribution is 2.27. The molecule has 0 radical (unpaired) electrons. The van der Waals surface area contributed by atoms with Crippen molar-refractivity contribution in [1.82, 2.24) is 15.5 Å². The Morgan fingerprint density at radius 1 is 1.21 bits per heavy atom. The number of anilines is 1. The minimum absolute atomic E-state index is 0.0516. The summed E-state index contributed by atoms with van der Waals surface area (Å²) in [7, 11) is 1.68. The quantitative estimate of drug-likeness (QED) is 0.580. The molecule has 2 aliphatic rings. The van der Waals surface area contributed by atoms with Crippen molar-refractivity contribution >= 4 is 29.3 Å². The Morgan fingerprint density at radius 2 is 1.97 bits per heavy atom. The van der Waals surface area contributed by atoms with E-state index in [0.29, 0.717) is 6.54 Å². The summed E-state index contributed by atoms with van der Waals surface area (Å²) < 4.78 is 5.47. The van der Waals surface area contributed by atoms with Crippen LogP contribution in [0.5, 0.6) is 5.75 Å². The molecule has 176 valence electrons. The van der Waals surface area contributed by atoms with Gasteiger partial charge in [-0.05, 0) is 49.6 Å². The van der Waals surface area contributed by atoms with Crippen LogP contribution in [0, 0.1) is 19.8 Å². The Balaban J connectivity index is 1.27. The molecule has 0 aliphatic carbocycles. The first-order valence-electron chi connectivity index (χ1n) is 11.3. The molecular weight excluding hydrogens is 436 g/mol. The van der Waals surface area contributed by atoms with E-state index in [9.17, 15) is 9.59 Å². The number of hydrogen-bond acceptors (Lipinski definition) is 6. The number of piperidine rings is 1. The second kappa shape index (κ2) is 10.6. The van der Waals surface area contributed by atoms with Crippen molar-refractivity contribution in [2.75, 3.05) is 31.3 Å². The number of aryl methyl sites for hydroxylation is 2. The van der Waals surface area contributed by atoms with Crippen molar-refractivity contribution in [3.05, 3.63) is 59.2 Å². The lowest BCUT2D eigenvalue weighted by molar-refractivity contribution is -0.130. The molecule has 3 N–H and O–H groups in total. The largest absolute Gasteiger partial charge is 0.496 e. The Morgan fingerprint density at radius 3 is 2.73 bits per heavy atom. The number of carbonyl (C=O) groups is 2. The molecule has 0 bridgehead atoms. The molecule has 3 unspecified atom stereocenters. The van der Waals surface area contributed by atoms with E-state index >= 15 is 0 Å². The topological polar surface area (TPSA) is 82.7 Å². The molecule has 2 fully saturated rings. The van der Waals surface area contributed by atoms with Crippen LogP contribution in [0.4, 0.5) is 5.69 Å². The zero-order valence-electron chi connectivity index (χ0n) is 19.4. The highest BCUT2D eigenvalue weighted by molar-refractivity contribution is 8.00. The predicted molar refractivity (Wildman–Crippen MR) is 132 cm³/mol. The van der Waals surface area contributed by atoms with E-state index in [0.717, 1.165) is 47.6 Å². The van der Waals surface area contributed by atoms with E-state index in [1.165, 1.54) is 11.8 Å². The van der Waals surface area contributed by atoms with Gasteiger partial charge in [0.25, 0.3) is 0 Å². The van der Waals surface area contributed by atoms with Crippen molar-refractivity contribution in [2.45, 2.75) is 38.4 Å². The molecule has 7 nitrogen and oxygen atoms in total. The van der Waals surface area contributed by atoms with Gasteiger partial charge in [0, 0.05) is 36.9 Å². The molecule has 2 aliphatic heterocycles. The monoisotopic (exact) mass is 468 g/mol. The number of rotatable bonds is 7. The van der Waals surface area contributed by atoms with Crippen LogP contribution in [0.15, 0.2) is 42.5 Å². The van der Waals surface area contributed by atoms with Crippen molar-refractivity contribution in [3.63, 3.8) is 0 Å². The molecule has 2 heterocycles. The van der Waals surface area contributed by atoms with Crippen LogP contribution in [-0.2, 0) is 16.1 Å². The minimum atomic E-state index is -0.260. The van der Waals surface area contributed by atoms with Crippen LogP contribution in [-0.4, -0.2) is 54.2 Å². The zero-order valence-corrected chi connectivity index (χ0v) is 20.2. The molecule has 2 saturated heterocycles. The Bertz CT molecular complexity index is 995.